The Morgan fingerprint density at radius 3 is 2.00 bits per heavy atom. The first-order valence-corrected chi connectivity index (χ1v) is 5.53. The van der Waals surface area contributed by atoms with E-state index >= 15 is 0 Å². The van der Waals surface area contributed by atoms with E-state index in [1.807, 2.05) is 11.8 Å². The predicted octanol–water partition coefficient (Wildman–Crippen LogP) is 1.05. The average Bonchev–Trinajstić information content (AvgIpc) is 2.62. The largest absolute Gasteiger partial charge is 0.383 e. The highest BCUT2D eigenvalue weighted by molar-refractivity contribution is 5.76. The van der Waals surface area contributed by atoms with Crippen molar-refractivity contribution in [3.05, 3.63) is 0 Å². The summed E-state index contributed by atoms with van der Waals surface area (Å²) in [6.07, 6.45) is 2.60. The quantitative estimate of drug-likeness (QED) is 0.688. The van der Waals surface area contributed by atoms with Crippen LogP contribution in [0.5, 0.6) is 0 Å². The lowest BCUT2D eigenvalue weighted by atomic mass is 10.2. The topological polar surface area (TPSA) is 38.8 Å². The zero-order chi connectivity index (χ0) is 11.3. The number of ether oxygens (including phenoxy) is 2. The summed E-state index contributed by atoms with van der Waals surface area (Å²) in [6.45, 7) is 3.16. The molecule has 4 nitrogen and oxygen atoms in total. The first kappa shape index (κ1) is 12.5. The fourth-order valence-corrected chi connectivity index (χ4v) is 2.26. The Hall–Kier alpha value is -0.610. The Morgan fingerprint density at radius 2 is 1.67 bits per heavy atom. The van der Waals surface area contributed by atoms with Gasteiger partial charge in [0.2, 0.25) is 5.91 Å². The Kier molecular flexibility index (Phi) is 5.05. The Balaban J connectivity index is 2.64. The van der Waals surface area contributed by atoms with Gasteiger partial charge in [-0.3, -0.25) is 4.79 Å². The molecular weight excluding hydrogens is 194 g/mol. The highest BCUT2D eigenvalue weighted by atomic mass is 16.5. The van der Waals surface area contributed by atoms with Crippen LogP contribution in [0.1, 0.15) is 26.2 Å². The van der Waals surface area contributed by atoms with Crippen LogP contribution in [0, 0.1) is 0 Å². The maximum Gasteiger partial charge on any atom is 0.222 e. The van der Waals surface area contributed by atoms with Crippen LogP contribution in [0.4, 0.5) is 0 Å². The number of hydrogen-bond acceptors (Lipinski definition) is 3. The minimum absolute atomic E-state index is 0.205. The first-order chi connectivity index (χ1) is 7.24. The van der Waals surface area contributed by atoms with Gasteiger partial charge in [-0.25, -0.2) is 0 Å². The van der Waals surface area contributed by atoms with Crippen LogP contribution in [0.2, 0.25) is 0 Å². The summed E-state index contributed by atoms with van der Waals surface area (Å²) in [5.41, 5.74) is 0. The molecule has 0 bridgehead atoms. The lowest BCUT2D eigenvalue weighted by Gasteiger charge is -2.29. The molecule has 15 heavy (non-hydrogen) atoms. The summed E-state index contributed by atoms with van der Waals surface area (Å²) in [7, 11) is 3.36. The summed E-state index contributed by atoms with van der Waals surface area (Å²) < 4.78 is 10.3. The molecule has 88 valence electrons. The summed E-state index contributed by atoms with van der Waals surface area (Å²) >= 11 is 0. The van der Waals surface area contributed by atoms with Crippen LogP contribution in [-0.4, -0.2) is 50.3 Å². The molecule has 0 aliphatic carbocycles. The molecule has 0 saturated carbocycles. The molecule has 4 heteroatoms. The average molecular weight is 215 g/mol. The third-order valence-electron chi connectivity index (χ3n) is 2.93. The molecule has 0 aromatic rings. The fraction of sp³-hybridized carbons (Fsp3) is 0.909. The van der Waals surface area contributed by atoms with Crippen molar-refractivity contribution >= 4 is 5.91 Å². The molecule has 0 unspecified atom stereocenters. The Labute approximate surface area is 91.5 Å². The van der Waals surface area contributed by atoms with Gasteiger partial charge in [-0.2, -0.15) is 0 Å². The van der Waals surface area contributed by atoms with Crippen LogP contribution in [0.15, 0.2) is 0 Å². The normalized spacial score (nSPS) is 25.9. The van der Waals surface area contributed by atoms with E-state index in [0.717, 1.165) is 12.8 Å². The SMILES string of the molecule is CCC(=O)N1[C@H](COC)CC[C@H]1COC. The van der Waals surface area contributed by atoms with Gasteiger partial charge in [0.1, 0.15) is 0 Å². The highest BCUT2D eigenvalue weighted by Gasteiger charge is 2.35. The fourth-order valence-electron chi connectivity index (χ4n) is 2.26. The molecule has 0 aromatic heterocycles. The number of hydrogen-bond donors (Lipinski definition) is 0. The van der Waals surface area contributed by atoms with Crippen LogP contribution in [0.3, 0.4) is 0 Å². The van der Waals surface area contributed by atoms with Crippen LogP contribution in [-0.2, 0) is 14.3 Å². The number of rotatable bonds is 5. The molecule has 2 atom stereocenters. The third-order valence-corrected chi connectivity index (χ3v) is 2.93. The smallest absolute Gasteiger partial charge is 0.222 e. The lowest BCUT2D eigenvalue weighted by Crippen LogP contribution is -2.44. The van der Waals surface area contributed by atoms with Crippen molar-refractivity contribution in [1.82, 2.24) is 4.90 Å². The van der Waals surface area contributed by atoms with E-state index in [0.29, 0.717) is 19.6 Å². The van der Waals surface area contributed by atoms with Gasteiger partial charge in [-0.05, 0) is 12.8 Å². The molecule has 1 heterocycles. The summed E-state index contributed by atoms with van der Waals surface area (Å²) in [5.74, 6) is 0.205. The summed E-state index contributed by atoms with van der Waals surface area (Å²) in [4.78, 5) is 13.8. The molecule has 1 aliphatic rings. The van der Waals surface area contributed by atoms with E-state index < -0.39 is 0 Å². The third kappa shape index (κ3) is 2.92. The van der Waals surface area contributed by atoms with E-state index in [-0.39, 0.29) is 18.0 Å². The highest BCUT2D eigenvalue weighted by Crippen LogP contribution is 2.25. The van der Waals surface area contributed by atoms with E-state index in [1.54, 1.807) is 14.2 Å². The van der Waals surface area contributed by atoms with E-state index in [4.69, 9.17) is 9.47 Å². The zero-order valence-corrected chi connectivity index (χ0v) is 9.86. The van der Waals surface area contributed by atoms with Crippen molar-refractivity contribution in [1.29, 1.82) is 0 Å². The van der Waals surface area contributed by atoms with Crippen molar-refractivity contribution in [3.8, 4) is 0 Å². The molecule has 0 radical (unpaired) electrons. The van der Waals surface area contributed by atoms with Crippen molar-refractivity contribution < 1.29 is 14.3 Å². The molecule has 1 amide bonds. The summed E-state index contributed by atoms with van der Waals surface area (Å²) in [6, 6.07) is 0.477. The predicted molar refractivity (Wildman–Crippen MR) is 57.7 cm³/mol. The Bertz CT molecular complexity index is 194. The van der Waals surface area contributed by atoms with Crippen LogP contribution >= 0.6 is 0 Å². The van der Waals surface area contributed by atoms with Crippen molar-refractivity contribution in [2.75, 3.05) is 27.4 Å². The van der Waals surface area contributed by atoms with Gasteiger partial charge in [0, 0.05) is 20.6 Å². The van der Waals surface area contributed by atoms with Crippen LogP contribution in [0.25, 0.3) is 0 Å². The van der Waals surface area contributed by atoms with Crippen molar-refractivity contribution in [3.63, 3.8) is 0 Å². The minimum Gasteiger partial charge on any atom is -0.383 e. The number of amides is 1. The number of likely N-dealkylation sites (tertiary alicyclic amines) is 1. The van der Waals surface area contributed by atoms with Crippen molar-refractivity contribution in [2.24, 2.45) is 0 Å². The van der Waals surface area contributed by atoms with E-state index in [2.05, 4.69) is 0 Å². The maximum atomic E-state index is 11.8. The molecule has 1 saturated heterocycles. The molecule has 1 fully saturated rings. The number of carbonyl (C=O) groups is 1. The molecule has 0 spiro atoms. The van der Waals surface area contributed by atoms with Gasteiger partial charge in [-0.15, -0.1) is 0 Å². The van der Waals surface area contributed by atoms with Crippen molar-refractivity contribution in [2.45, 2.75) is 38.3 Å². The second-order valence-corrected chi connectivity index (χ2v) is 3.95. The van der Waals surface area contributed by atoms with Gasteiger partial charge in [0.05, 0.1) is 25.3 Å². The van der Waals surface area contributed by atoms with Gasteiger partial charge < -0.3 is 14.4 Å². The van der Waals surface area contributed by atoms with E-state index in [1.165, 1.54) is 0 Å². The standard InChI is InChI=1S/C11H21NO3/c1-4-11(13)12-9(7-14-2)5-6-10(12)8-15-3/h9-10H,4-8H2,1-3H3/t9-,10-/m0/s1. The number of methoxy groups -OCH3 is 2. The lowest BCUT2D eigenvalue weighted by molar-refractivity contribution is -0.135. The van der Waals surface area contributed by atoms with Crippen LogP contribution < -0.4 is 0 Å². The molecule has 0 aromatic carbocycles. The number of carbonyl (C=O) groups excluding carboxylic acids is 1. The van der Waals surface area contributed by atoms with Gasteiger partial charge in [0.25, 0.3) is 0 Å². The molecule has 1 aliphatic heterocycles. The van der Waals surface area contributed by atoms with Gasteiger partial charge >= 0.3 is 0 Å². The molecular formula is C11H21NO3. The Morgan fingerprint density at radius 1 is 1.20 bits per heavy atom. The van der Waals surface area contributed by atoms with Gasteiger partial charge in [0.15, 0.2) is 0 Å². The van der Waals surface area contributed by atoms with E-state index in [9.17, 15) is 4.79 Å². The zero-order valence-electron chi connectivity index (χ0n) is 9.86. The second-order valence-electron chi connectivity index (χ2n) is 3.95. The monoisotopic (exact) mass is 215 g/mol. The second kappa shape index (κ2) is 6.08. The minimum atomic E-state index is 0.205. The first-order valence-electron chi connectivity index (χ1n) is 5.53. The molecule has 1 rings (SSSR count). The number of nitrogens with zero attached hydrogens (tertiary/aromatic N) is 1. The van der Waals surface area contributed by atoms with Gasteiger partial charge in [-0.1, -0.05) is 6.92 Å². The molecule has 0 N–H and O–H groups in total. The summed E-state index contributed by atoms with van der Waals surface area (Å²) in [5, 5.41) is 0. The maximum absolute atomic E-state index is 11.8.